The monoisotopic (exact) mass is 221 g/mol. The highest BCUT2D eigenvalue weighted by atomic mass is 19.1. The first-order valence-electron chi connectivity index (χ1n) is 5.95. The lowest BCUT2D eigenvalue weighted by molar-refractivity contribution is 0.158. The van der Waals surface area contributed by atoms with Gasteiger partial charge in [-0.1, -0.05) is 12.1 Å². The highest BCUT2D eigenvalue weighted by molar-refractivity contribution is 5.39. The quantitative estimate of drug-likeness (QED) is 0.829. The summed E-state index contributed by atoms with van der Waals surface area (Å²) in [6.45, 7) is 2.00. The summed E-state index contributed by atoms with van der Waals surface area (Å²) in [5, 5.41) is 3.56. The van der Waals surface area contributed by atoms with Gasteiger partial charge in [0.2, 0.25) is 0 Å². The van der Waals surface area contributed by atoms with E-state index in [1.807, 2.05) is 13.0 Å². The molecule has 0 bridgehead atoms. The second kappa shape index (κ2) is 3.74. The molecule has 0 saturated heterocycles. The Morgan fingerprint density at radius 2 is 2.19 bits per heavy atom. The Balaban J connectivity index is 1.93. The van der Waals surface area contributed by atoms with Gasteiger partial charge in [0.1, 0.15) is 0 Å². The molecule has 1 N–H and O–H groups in total. The van der Waals surface area contributed by atoms with E-state index < -0.39 is 0 Å². The highest BCUT2D eigenvalue weighted by Crippen LogP contribution is 2.38. The minimum absolute atomic E-state index is 0.0839. The van der Waals surface area contributed by atoms with E-state index in [0.29, 0.717) is 11.8 Å². The Labute approximate surface area is 94.8 Å². The van der Waals surface area contributed by atoms with E-state index >= 15 is 0 Å². The molecule has 1 fully saturated rings. The zero-order chi connectivity index (χ0) is 11.1. The Morgan fingerprint density at radius 3 is 2.94 bits per heavy atom. The molecule has 1 heterocycles. The zero-order valence-electron chi connectivity index (χ0n) is 9.37. The van der Waals surface area contributed by atoms with Crippen LogP contribution in [0.5, 0.6) is 5.75 Å². The lowest BCUT2D eigenvalue weighted by atomic mass is 9.96. The van der Waals surface area contributed by atoms with Crippen LogP contribution in [0.25, 0.3) is 0 Å². The number of hydrogen-bond donors (Lipinski definition) is 1. The minimum Gasteiger partial charge on any atom is -0.487 e. The van der Waals surface area contributed by atoms with Crippen LogP contribution in [0.4, 0.5) is 4.39 Å². The molecule has 0 spiro atoms. The summed E-state index contributed by atoms with van der Waals surface area (Å²) in [6, 6.07) is 6.07. The Bertz CT molecular complexity index is 403. The summed E-state index contributed by atoms with van der Waals surface area (Å²) in [6.07, 6.45) is 3.50. The Kier molecular flexibility index (Phi) is 2.36. The Hall–Kier alpha value is -1.09. The lowest BCUT2D eigenvalue weighted by Crippen LogP contribution is -2.33. The van der Waals surface area contributed by atoms with E-state index in [0.717, 1.165) is 12.0 Å². The first-order valence-corrected chi connectivity index (χ1v) is 5.95. The van der Waals surface area contributed by atoms with E-state index in [1.54, 1.807) is 6.07 Å². The van der Waals surface area contributed by atoms with Crippen LogP contribution in [0.2, 0.25) is 0 Å². The molecule has 1 aromatic rings. The van der Waals surface area contributed by atoms with Crippen molar-refractivity contribution in [3.8, 4) is 5.75 Å². The van der Waals surface area contributed by atoms with Crippen LogP contribution < -0.4 is 10.1 Å². The molecule has 2 unspecified atom stereocenters. The molecule has 2 nitrogen and oxygen atoms in total. The number of fused-ring (bicyclic) bond motifs is 1. The molecular formula is C13H16FNO. The predicted molar refractivity (Wildman–Crippen MR) is 60.0 cm³/mol. The average molecular weight is 221 g/mol. The van der Waals surface area contributed by atoms with Crippen molar-refractivity contribution in [2.75, 3.05) is 0 Å². The first kappa shape index (κ1) is 10.1. The normalized spacial score (nSPS) is 28.4. The summed E-state index contributed by atoms with van der Waals surface area (Å²) in [5.41, 5.74) is 0.977. The van der Waals surface area contributed by atoms with Gasteiger partial charge in [-0.2, -0.15) is 0 Å². The number of halogens is 1. The van der Waals surface area contributed by atoms with Crippen molar-refractivity contribution in [2.45, 2.75) is 44.4 Å². The summed E-state index contributed by atoms with van der Waals surface area (Å²) in [7, 11) is 0. The smallest absolute Gasteiger partial charge is 0.165 e. The molecule has 3 rings (SSSR count). The van der Waals surface area contributed by atoms with Crippen molar-refractivity contribution in [3.05, 3.63) is 29.6 Å². The van der Waals surface area contributed by atoms with Gasteiger partial charge in [0.25, 0.3) is 0 Å². The van der Waals surface area contributed by atoms with Crippen molar-refractivity contribution < 1.29 is 9.13 Å². The lowest BCUT2D eigenvalue weighted by Gasteiger charge is -2.31. The zero-order valence-corrected chi connectivity index (χ0v) is 9.37. The molecule has 0 amide bonds. The van der Waals surface area contributed by atoms with Crippen LogP contribution in [0, 0.1) is 5.82 Å². The molecule has 0 aromatic heterocycles. The fourth-order valence-corrected chi connectivity index (χ4v) is 2.32. The Morgan fingerprint density at radius 1 is 1.38 bits per heavy atom. The third-order valence-electron chi connectivity index (χ3n) is 3.27. The molecule has 2 atom stereocenters. The maximum Gasteiger partial charge on any atom is 0.165 e. The van der Waals surface area contributed by atoms with Crippen molar-refractivity contribution >= 4 is 0 Å². The highest BCUT2D eigenvalue weighted by Gasteiger charge is 2.32. The minimum atomic E-state index is -0.244. The van der Waals surface area contributed by atoms with E-state index in [1.165, 1.54) is 18.9 Å². The summed E-state index contributed by atoms with van der Waals surface area (Å²) < 4.78 is 19.2. The van der Waals surface area contributed by atoms with Gasteiger partial charge in [-0.15, -0.1) is 0 Å². The molecule has 0 radical (unpaired) electrons. The van der Waals surface area contributed by atoms with Crippen molar-refractivity contribution in [1.82, 2.24) is 5.32 Å². The second-order valence-electron chi connectivity index (χ2n) is 4.82. The number of ether oxygens (including phenoxy) is 1. The number of hydrogen-bond acceptors (Lipinski definition) is 2. The van der Waals surface area contributed by atoms with Gasteiger partial charge in [-0.3, -0.25) is 0 Å². The van der Waals surface area contributed by atoms with Crippen LogP contribution in [0.15, 0.2) is 18.2 Å². The first-order chi connectivity index (χ1) is 7.74. The molecule has 16 heavy (non-hydrogen) atoms. The maximum atomic E-state index is 13.6. The second-order valence-corrected chi connectivity index (χ2v) is 4.82. The van der Waals surface area contributed by atoms with Crippen molar-refractivity contribution in [3.63, 3.8) is 0 Å². The van der Waals surface area contributed by atoms with Gasteiger partial charge >= 0.3 is 0 Å². The van der Waals surface area contributed by atoms with Gasteiger partial charge in [-0.05, 0) is 25.8 Å². The summed E-state index contributed by atoms with van der Waals surface area (Å²) in [4.78, 5) is 0. The standard InChI is InChI=1S/C13H16FNO/c1-8-7-12(15-9-5-6-9)10-3-2-4-11(14)13(10)16-8/h2-4,8-9,12,15H,5-7H2,1H3. The van der Waals surface area contributed by atoms with E-state index in [9.17, 15) is 4.39 Å². The molecule has 1 aliphatic heterocycles. The van der Waals surface area contributed by atoms with Gasteiger partial charge in [0.05, 0.1) is 6.10 Å². The van der Waals surface area contributed by atoms with Crippen molar-refractivity contribution in [1.29, 1.82) is 0 Å². The van der Waals surface area contributed by atoms with Gasteiger partial charge in [0, 0.05) is 24.1 Å². The molecule has 1 aliphatic carbocycles. The molecule has 1 aromatic carbocycles. The summed E-state index contributed by atoms with van der Waals surface area (Å²) in [5.74, 6) is 0.200. The molecular weight excluding hydrogens is 205 g/mol. The SMILES string of the molecule is CC1CC(NC2CC2)c2cccc(F)c2O1. The molecule has 3 heteroatoms. The fraction of sp³-hybridized carbons (Fsp3) is 0.538. The number of rotatable bonds is 2. The number of para-hydroxylation sites is 1. The van der Waals surface area contributed by atoms with Crippen LogP contribution >= 0.6 is 0 Å². The largest absolute Gasteiger partial charge is 0.487 e. The maximum absolute atomic E-state index is 13.6. The van der Waals surface area contributed by atoms with Gasteiger partial charge in [0.15, 0.2) is 11.6 Å². The predicted octanol–water partition coefficient (Wildman–Crippen LogP) is 2.79. The molecule has 86 valence electrons. The summed E-state index contributed by atoms with van der Waals surface area (Å²) >= 11 is 0. The van der Waals surface area contributed by atoms with Crippen LogP contribution in [-0.2, 0) is 0 Å². The van der Waals surface area contributed by atoms with Crippen molar-refractivity contribution in [2.24, 2.45) is 0 Å². The van der Waals surface area contributed by atoms with E-state index in [2.05, 4.69) is 5.32 Å². The fourth-order valence-electron chi connectivity index (χ4n) is 2.32. The molecule has 1 saturated carbocycles. The topological polar surface area (TPSA) is 21.3 Å². The molecule has 2 aliphatic rings. The van der Waals surface area contributed by atoms with Crippen LogP contribution in [0.3, 0.4) is 0 Å². The third kappa shape index (κ3) is 1.80. The van der Waals surface area contributed by atoms with Crippen LogP contribution in [0.1, 0.15) is 37.8 Å². The number of benzene rings is 1. The van der Waals surface area contributed by atoms with E-state index in [-0.39, 0.29) is 18.0 Å². The third-order valence-corrected chi connectivity index (χ3v) is 3.27. The average Bonchev–Trinajstić information content (AvgIpc) is 3.03. The van der Waals surface area contributed by atoms with Gasteiger partial charge < -0.3 is 10.1 Å². The van der Waals surface area contributed by atoms with Gasteiger partial charge in [-0.25, -0.2) is 4.39 Å². The van der Waals surface area contributed by atoms with E-state index in [4.69, 9.17) is 4.74 Å². The number of nitrogens with one attached hydrogen (secondary N) is 1. The van der Waals surface area contributed by atoms with Crippen LogP contribution in [-0.4, -0.2) is 12.1 Å².